The van der Waals surface area contributed by atoms with Crippen molar-refractivity contribution < 1.29 is 0 Å². The maximum absolute atomic E-state index is 7.51. The Morgan fingerprint density at radius 3 is 2.31 bits per heavy atom. The van der Waals surface area contributed by atoms with Gasteiger partial charge in [0.1, 0.15) is 0 Å². The molecule has 2 nitrogen and oxygen atoms in total. The van der Waals surface area contributed by atoms with Crippen molar-refractivity contribution >= 4 is 5.84 Å². The third kappa shape index (κ3) is 2.31. The Kier molecular flexibility index (Phi) is 3.07. The van der Waals surface area contributed by atoms with Crippen LogP contribution in [0.4, 0.5) is 0 Å². The highest BCUT2D eigenvalue weighted by atomic mass is 15.2. The van der Waals surface area contributed by atoms with E-state index in [4.69, 9.17) is 5.41 Å². The van der Waals surface area contributed by atoms with Crippen molar-refractivity contribution in [2.45, 2.75) is 19.9 Å². The molecule has 70 valence electrons. The fourth-order valence-corrected chi connectivity index (χ4v) is 1.25. The molecule has 0 saturated heterocycles. The van der Waals surface area contributed by atoms with Crippen molar-refractivity contribution in [3.8, 4) is 0 Å². The Balaban J connectivity index is 2.79. The van der Waals surface area contributed by atoms with Crippen LogP contribution < -0.4 is 0 Å². The van der Waals surface area contributed by atoms with Gasteiger partial charge in [0.05, 0.1) is 11.9 Å². The molecule has 2 heteroatoms. The zero-order chi connectivity index (χ0) is 9.84. The molecule has 0 fully saturated rings. The van der Waals surface area contributed by atoms with Crippen molar-refractivity contribution in [1.82, 2.24) is 4.90 Å². The van der Waals surface area contributed by atoms with Crippen LogP contribution in [0.15, 0.2) is 30.3 Å². The molecule has 13 heavy (non-hydrogen) atoms. The van der Waals surface area contributed by atoms with Crippen LogP contribution in [0.2, 0.25) is 0 Å². The summed E-state index contributed by atoms with van der Waals surface area (Å²) in [5.74, 6) is 0.594. The number of nitrogens with zero attached hydrogens (tertiary/aromatic N) is 1. The SMILES string of the molecule is CC(=N)N(C)C(C)c1ccccc1. The average Bonchev–Trinajstić information content (AvgIpc) is 2.17. The number of benzene rings is 1. The zero-order valence-corrected chi connectivity index (χ0v) is 8.41. The van der Waals surface area contributed by atoms with Crippen LogP contribution in [0.5, 0.6) is 0 Å². The van der Waals surface area contributed by atoms with E-state index >= 15 is 0 Å². The molecule has 1 aromatic carbocycles. The molecular formula is C11H16N2. The van der Waals surface area contributed by atoms with Crippen molar-refractivity contribution in [3.05, 3.63) is 35.9 Å². The molecule has 0 aliphatic heterocycles. The van der Waals surface area contributed by atoms with Gasteiger partial charge in [-0.15, -0.1) is 0 Å². The molecule has 1 N–H and O–H groups in total. The molecule has 0 aromatic heterocycles. The minimum atomic E-state index is 0.277. The van der Waals surface area contributed by atoms with Gasteiger partial charge < -0.3 is 4.90 Å². The van der Waals surface area contributed by atoms with Crippen molar-refractivity contribution in [2.24, 2.45) is 0 Å². The van der Waals surface area contributed by atoms with Gasteiger partial charge in [-0.1, -0.05) is 30.3 Å². The van der Waals surface area contributed by atoms with Crippen molar-refractivity contribution in [2.75, 3.05) is 7.05 Å². The van der Waals surface area contributed by atoms with E-state index in [2.05, 4.69) is 19.1 Å². The highest BCUT2D eigenvalue weighted by Gasteiger charge is 2.10. The molecule has 0 saturated carbocycles. The first-order chi connectivity index (χ1) is 6.13. The lowest BCUT2D eigenvalue weighted by Crippen LogP contribution is -2.26. The molecule has 0 spiro atoms. The molecule has 0 radical (unpaired) electrons. The molecule has 1 rings (SSSR count). The average molecular weight is 176 g/mol. The van der Waals surface area contributed by atoms with Gasteiger partial charge in [0.15, 0.2) is 0 Å². The van der Waals surface area contributed by atoms with Crippen LogP contribution in [-0.4, -0.2) is 17.8 Å². The third-order valence-electron chi connectivity index (χ3n) is 2.39. The van der Waals surface area contributed by atoms with Gasteiger partial charge in [-0.3, -0.25) is 5.41 Å². The van der Waals surface area contributed by atoms with E-state index in [-0.39, 0.29) is 6.04 Å². The minimum Gasteiger partial charge on any atom is -0.357 e. The van der Waals surface area contributed by atoms with Gasteiger partial charge in [-0.2, -0.15) is 0 Å². The van der Waals surface area contributed by atoms with Crippen LogP contribution in [-0.2, 0) is 0 Å². The lowest BCUT2D eigenvalue weighted by Gasteiger charge is -2.25. The van der Waals surface area contributed by atoms with E-state index in [0.717, 1.165) is 0 Å². The van der Waals surface area contributed by atoms with Crippen LogP contribution >= 0.6 is 0 Å². The van der Waals surface area contributed by atoms with Crippen molar-refractivity contribution in [3.63, 3.8) is 0 Å². The van der Waals surface area contributed by atoms with Gasteiger partial charge in [-0.25, -0.2) is 0 Å². The van der Waals surface area contributed by atoms with Crippen LogP contribution in [0.25, 0.3) is 0 Å². The molecule has 0 heterocycles. The normalized spacial score (nSPS) is 12.2. The Morgan fingerprint density at radius 2 is 1.85 bits per heavy atom. The smallest absolute Gasteiger partial charge is 0.0928 e. The van der Waals surface area contributed by atoms with Gasteiger partial charge in [-0.05, 0) is 19.4 Å². The summed E-state index contributed by atoms with van der Waals surface area (Å²) in [6, 6.07) is 10.5. The van der Waals surface area contributed by atoms with Gasteiger partial charge in [0.25, 0.3) is 0 Å². The molecular weight excluding hydrogens is 160 g/mol. The minimum absolute atomic E-state index is 0.277. The molecule has 0 aliphatic carbocycles. The predicted octanol–water partition coefficient (Wildman–Crippen LogP) is 2.68. The topological polar surface area (TPSA) is 27.1 Å². The summed E-state index contributed by atoms with van der Waals surface area (Å²) < 4.78 is 0. The monoisotopic (exact) mass is 176 g/mol. The molecule has 0 bridgehead atoms. The summed E-state index contributed by atoms with van der Waals surface area (Å²) in [6.45, 7) is 3.91. The Bertz CT molecular complexity index is 279. The Hall–Kier alpha value is -1.31. The number of hydrogen-bond donors (Lipinski definition) is 1. The highest BCUT2D eigenvalue weighted by molar-refractivity contribution is 5.76. The van der Waals surface area contributed by atoms with E-state index < -0.39 is 0 Å². The summed E-state index contributed by atoms with van der Waals surface area (Å²) in [5.41, 5.74) is 1.25. The maximum atomic E-state index is 7.51. The summed E-state index contributed by atoms with van der Waals surface area (Å²) >= 11 is 0. The highest BCUT2D eigenvalue weighted by Crippen LogP contribution is 2.17. The Morgan fingerprint density at radius 1 is 1.31 bits per heavy atom. The largest absolute Gasteiger partial charge is 0.357 e. The first-order valence-corrected chi connectivity index (χ1v) is 4.46. The molecule has 1 atom stereocenters. The molecule has 0 amide bonds. The summed E-state index contributed by atoms with van der Waals surface area (Å²) in [7, 11) is 1.94. The summed E-state index contributed by atoms with van der Waals surface area (Å²) in [6.07, 6.45) is 0. The van der Waals surface area contributed by atoms with Crippen LogP contribution in [0.1, 0.15) is 25.5 Å². The third-order valence-corrected chi connectivity index (χ3v) is 2.39. The first kappa shape index (κ1) is 9.78. The molecule has 0 aliphatic rings. The molecule has 1 unspecified atom stereocenters. The van der Waals surface area contributed by atoms with E-state index in [1.54, 1.807) is 6.92 Å². The number of rotatable bonds is 2. The number of amidine groups is 1. The van der Waals surface area contributed by atoms with Gasteiger partial charge in [0.2, 0.25) is 0 Å². The second-order valence-corrected chi connectivity index (χ2v) is 3.28. The lowest BCUT2D eigenvalue weighted by molar-refractivity contribution is 0.398. The van der Waals surface area contributed by atoms with E-state index in [1.807, 2.05) is 30.1 Å². The first-order valence-electron chi connectivity index (χ1n) is 4.46. The summed E-state index contributed by atoms with van der Waals surface area (Å²) in [5, 5.41) is 7.51. The lowest BCUT2D eigenvalue weighted by atomic mass is 10.1. The predicted molar refractivity (Wildman–Crippen MR) is 56.0 cm³/mol. The van der Waals surface area contributed by atoms with Gasteiger partial charge in [0, 0.05) is 7.05 Å². The second kappa shape index (κ2) is 4.08. The van der Waals surface area contributed by atoms with E-state index in [0.29, 0.717) is 5.84 Å². The Labute approximate surface area is 79.7 Å². The van der Waals surface area contributed by atoms with Gasteiger partial charge >= 0.3 is 0 Å². The fraction of sp³-hybridized carbons (Fsp3) is 0.364. The maximum Gasteiger partial charge on any atom is 0.0928 e. The fourth-order valence-electron chi connectivity index (χ4n) is 1.25. The zero-order valence-electron chi connectivity index (χ0n) is 8.41. The van der Waals surface area contributed by atoms with Crippen LogP contribution in [0, 0.1) is 5.41 Å². The second-order valence-electron chi connectivity index (χ2n) is 3.28. The molecule has 1 aromatic rings. The van der Waals surface area contributed by atoms with Crippen LogP contribution in [0.3, 0.4) is 0 Å². The van der Waals surface area contributed by atoms with Crippen molar-refractivity contribution in [1.29, 1.82) is 5.41 Å². The number of hydrogen-bond acceptors (Lipinski definition) is 1. The number of nitrogens with one attached hydrogen (secondary N) is 1. The van der Waals surface area contributed by atoms with E-state index in [9.17, 15) is 0 Å². The summed E-state index contributed by atoms with van der Waals surface area (Å²) in [4.78, 5) is 1.95. The van der Waals surface area contributed by atoms with E-state index in [1.165, 1.54) is 5.56 Å². The quantitative estimate of drug-likeness (QED) is 0.544. The standard InChI is InChI=1S/C11H16N2/c1-9(13(3)10(2)12)11-7-5-4-6-8-11/h4-9,12H,1-3H3.